The van der Waals surface area contributed by atoms with E-state index in [1.165, 1.54) is 18.5 Å². The molecule has 0 aliphatic carbocycles. The quantitative estimate of drug-likeness (QED) is 0.857. The molecular weight excluding hydrogens is 258 g/mol. The Morgan fingerprint density at radius 1 is 1.50 bits per heavy atom. The number of pyridine rings is 1. The smallest absolute Gasteiger partial charge is 0.253 e. The number of aromatic hydroxyl groups is 1. The van der Waals surface area contributed by atoms with Crippen LogP contribution in [-0.4, -0.2) is 30.8 Å². The van der Waals surface area contributed by atoms with Gasteiger partial charge < -0.3 is 15.0 Å². The summed E-state index contributed by atoms with van der Waals surface area (Å²) in [5, 5.41) is 20.0. The first-order valence-electron chi connectivity index (χ1n) is 6.44. The number of carbonyl (C=O) groups is 1. The molecule has 0 spiro atoms. The maximum Gasteiger partial charge on any atom is 0.253 e. The van der Waals surface area contributed by atoms with Gasteiger partial charge >= 0.3 is 0 Å². The van der Waals surface area contributed by atoms with E-state index in [0.29, 0.717) is 11.4 Å². The fourth-order valence-corrected chi connectivity index (χ4v) is 1.91. The molecule has 0 radical (unpaired) electrons. The molecule has 20 heavy (non-hydrogen) atoms. The summed E-state index contributed by atoms with van der Waals surface area (Å²) in [4.78, 5) is 15.8. The molecule has 7 nitrogen and oxygen atoms in total. The third-order valence-electron chi connectivity index (χ3n) is 2.83. The normalized spacial score (nSPS) is 12.1. The Bertz CT molecular complexity index is 596. The topological polar surface area (TPSA) is 92.9 Å². The number of aryl methyl sites for hydroxylation is 1. The first kappa shape index (κ1) is 14.0. The lowest BCUT2D eigenvalue weighted by molar-refractivity contribution is 0.0936. The van der Waals surface area contributed by atoms with Gasteiger partial charge in [-0.15, -0.1) is 10.2 Å². The third-order valence-corrected chi connectivity index (χ3v) is 2.83. The summed E-state index contributed by atoms with van der Waals surface area (Å²) in [6.07, 6.45) is 5.29. The molecule has 0 saturated carbocycles. The van der Waals surface area contributed by atoms with E-state index in [1.54, 1.807) is 6.33 Å². The van der Waals surface area contributed by atoms with Crippen LogP contribution >= 0.6 is 0 Å². The summed E-state index contributed by atoms with van der Waals surface area (Å²) in [6, 6.07) is 1.09. The largest absolute Gasteiger partial charge is 0.506 e. The van der Waals surface area contributed by atoms with Crippen LogP contribution in [0.25, 0.3) is 0 Å². The highest BCUT2D eigenvalue weighted by Gasteiger charge is 2.16. The minimum atomic E-state index is -0.313. The Morgan fingerprint density at radius 2 is 2.30 bits per heavy atom. The molecule has 0 bridgehead atoms. The van der Waals surface area contributed by atoms with Crippen LogP contribution in [0.5, 0.6) is 5.75 Å². The van der Waals surface area contributed by atoms with Gasteiger partial charge in [0.15, 0.2) is 5.82 Å². The van der Waals surface area contributed by atoms with Gasteiger partial charge in [-0.3, -0.25) is 9.78 Å². The maximum atomic E-state index is 12.1. The van der Waals surface area contributed by atoms with Crippen LogP contribution in [-0.2, 0) is 6.54 Å². The first-order valence-corrected chi connectivity index (χ1v) is 6.44. The molecule has 0 aliphatic heterocycles. The third kappa shape index (κ3) is 3.11. The Morgan fingerprint density at radius 3 is 3.00 bits per heavy atom. The molecule has 0 aliphatic rings. The minimum absolute atomic E-state index is 0.0422. The van der Waals surface area contributed by atoms with E-state index in [-0.39, 0.29) is 17.7 Å². The van der Waals surface area contributed by atoms with Crippen LogP contribution in [0.3, 0.4) is 0 Å². The Kier molecular flexibility index (Phi) is 4.29. The van der Waals surface area contributed by atoms with Gasteiger partial charge in [0, 0.05) is 12.7 Å². The van der Waals surface area contributed by atoms with E-state index in [9.17, 15) is 9.90 Å². The molecule has 0 fully saturated rings. The van der Waals surface area contributed by atoms with Gasteiger partial charge in [-0.25, -0.2) is 0 Å². The first-order chi connectivity index (χ1) is 9.61. The average Bonchev–Trinajstić information content (AvgIpc) is 2.87. The summed E-state index contributed by atoms with van der Waals surface area (Å²) in [5.41, 5.74) is 0.304. The van der Waals surface area contributed by atoms with Gasteiger partial charge in [0.05, 0.1) is 17.8 Å². The van der Waals surface area contributed by atoms with E-state index >= 15 is 0 Å². The van der Waals surface area contributed by atoms with Crippen molar-refractivity contribution >= 4 is 5.91 Å². The van der Waals surface area contributed by atoms with Crippen LogP contribution < -0.4 is 5.32 Å². The number of carbonyl (C=O) groups excluding carboxylic acids is 1. The average molecular weight is 275 g/mol. The second kappa shape index (κ2) is 6.14. The Balaban J connectivity index is 2.09. The number of nitrogens with zero attached hydrogens (tertiary/aromatic N) is 4. The van der Waals surface area contributed by atoms with Crippen molar-refractivity contribution in [3.05, 3.63) is 36.2 Å². The standard InChI is InChI=1S/C13H17N5O2/c1-3-4-18-8-15-17-12(18)9(2)16-13(20)10-5-11(19)7-14-6-10/h5-9,19H,3-4H2,1-2H3,(H,16,20). The number of hydrogen-bond donors (Lipinski definition) is 2. The molecule has 2 N–H and O–H groups in total. The van der Waals surface area contributed by atoms with E-state index in [0.717, 1.165) is 13.0 Å². The predicted molar refractivity (Wildman–Crippen MR) is 72.1 cm³/mol. The van der Waals surface area contributed by atoms with Crippen LogP contribution in [0.4, 0.5) is 0 Å². The van der Waals surface area contributed by atoms with Gasteiger partial charge in [0.25, 0.3) is 5.91 Å². The summed E-state index contributed by atoms with van der Waals surface area (Å²) in [5.74, 6) is 0.347. The lowest BCUT2D eigenvalue weighted by atomic mass is 10.2. The molecule has 1 unspecified atom stereocenters. The molecule has 1 atom stereocenters. The Hall–Kier alpha value is -2.44. The van der Waals surface area contributed by atoms with Crippen molar-refractivity contribution in [3.63, 3.8) is 0 Å². The molecule has 2 aromatic rings. The fourth-order valence-electron chi connectivity index (χ4n) is 1.91. The zero-order chi connectivity index (χ0) is 14.5. The van der Waals surface area contributed by atoms with Crippen molar-refractivity contribution < 1.29 is 9.90 Å². The summed E-state index contributed by atoms with van der Waals surface area (Å²) in [6.45, 7) is 4.70. The zero-order valence-corrected chi connectivity index (χ0v) is 11.4. The van der Waals surface area contributed by atoms with Crippen LogP contribution in [0, 0.1) is 0 Å². The molecular formula is C13H17N5O2. The second-order valence-electron chi connectivity index (χ2n) is 4.51. The number of amides is 1. The molecule has 0 saturated heterocycles. The highest BCUT2D eigenvalue weighted by molar-refractivity contribution is 5.94. The molecule has 2 aromatic heterocycles. The predicted octanol–water partition coefficient (Wildman–Crippen LogP) is 1.28. The summed E-state index contributed by atoms with van der Waals surface area (Å²) in [7, 11) is 0. The molecule has 106 valence electrons. The SMILES string of the molecule is CCCn1cnnc1C(C)NC(=O)c1cncc(O)c1. The second-order valence-corrected chi connectivity index (χ2v) is 4.51. The van der Waals surface area contributed by atoms with Crippen molar-refractivity contribution in [2.45, 2.75) is 32.9 Å². The monoisotopic (exact) mass is 275 g/mol. The molecule has 2 rings (SSSR count). The molecule has 1 amide bonds. The molecule has 7 heteroatoms. The summed E-state index contributed by atoms with van der Waals surface area (Å²) >= 11 is 0. The fraction of sp³-hybridized carbons (Fsp3) is 0.385. The molecule has 0 aromatic carbocycles. The van der Waals surface area contributed by atoms with E-state index < -0.39 is 0 Å². The zero-order valence-electron chi connectivity index (χ0n) is 11.4. The van der Waals surface area contributed by atoms with Gasteiger partial charge in [0.1, 0.15) is 12.1 Å². The van der Waals surface area contributed by atoms with Crippen LogP contribution in [0.15, 0.2) is 24.8 Å². The highest BCUT2D eigenvalue weighted by atomic mass is 16.3. The number of rotatable bonds is 5. The lowest BCUT2D eigenvalue weighted by Crippen LogP contribution is -2.28. The van der Waals surface area contributed by atoms with Crippen molar-refractivity contribution in [1.82, 2.24) is 25.1 Å². The highest BCUT2D eigenvalue weighted by Crippen LogP contribution is 2.13. The van der Waals surface area contributed by atoms with Crippen LogP contribution in [0.2, 0.25) is 0 Å². The van der Waals surface area contributed by atoms with E-state index in [1.807, 2.05) is 11.5 Å². The van der Waals surface area contributed by atoms with E-state index in [2.05, 4.69) is 27.4 Å². The minimum Gasteiger partial charge on any atom is -0.506 e. The van der Waals surface area contributed by atoms with Gasteiger partial charge in [-0.2, -0.15) is 0 Å². The van der Waals surface area contributed by atoms with Gasteiger partial charge in [0.2, 0.25) is 0 Å². The van der Waals surface area contributed by atoms with Crippen LogP contribution in [0.1, 0.15) is 42.5 Å². The van der Waals surface area contributed by atoms with Crippen molar-refractivity contribution in [1.29, 1.82) is 0 Å². The van der Waals surface area contributed by atoms with E-state index in [4.69, 9.17) is 0 Å². The maximum absolute atomic E-state index is 12.1. The van der Waals surface area contributed by atoms with Crippen molar-refractivity contribution in [2.24, 2.45) is 0 Å². The van der Waals surface area contributed by atoms with Crippen molar-refractivity contribution in [2.75, 3.05) is 0 Å². The number of hydrogen-bond acceptors (Lipinski definition) is 5. The Labute approximate surface area is 116 Å². The summed E-state index contributed by atoms with van der Waals surface area (Å²) < 4.78 is 1.91. The number of nitrogens with one attached hydrogen (secondary N) is 1. The molecule has 2 heterocycles. The van der Waals surface area contributed by atoms with Gasteiger partial charge in [-0.1, -0.05) is 6.92 Å². The van der Waals surface area contributed by atoms with Crippen molar-refractivity contribution in [3.8, 4) is 5.75 Å². The number of aromatic nitrogens is 4. The van der Waals surface area contributed by atoms with Gasteiger partial charge in [-0.05, 0) is 19.4 Å². The lowest BCUT2D eigenvalue weighted by Gasteiger charge is -2.14.